The summed E-state index contributed by atoms with van der Waals surface area (Å²) < 4.78 is 1.96. The van der Waals surface area contributed by atoms with E-state index in [1.807, 2.05) is 90.3 Å². The lowest BCUT2D eigenvalue weighted by molar-refractivity contribution is -0.116. The Kier molecular flexibility index (Phi) is 4.71. The second kappa shape index (κ2) is 7.46. The average Bonchev–Trinajstić information content (AvgIpc) is 3.08. The van der Waals surface area contributed by atoms with Crippen LogP contribution in [0.25, 0.3) is 16.9 Å². The first-order chi connectivity index (χ1) is 13.2. The van der Waals surface area contributed by atoms with Crippen LogP contribution in [0.5, 0.6) is 0 Å². The molecule has 0 unspecified atom stereocenters. The van der Waals surface area contributed by atoms with Gasteiger partial charge in [-0.3, -0.25) is 9.20 Å². The summed E-state index contributed by atoms with van der Waals surface area (Å²) in [5, 5.41) is 3.09. The van der Waals surface area contributed by atoms with Crippen LogP contribution in [-0.4, -0.2) is 15.3 Å². The van der Waals surface area contributed by atoms with E-state index in [9.17, 15) is 4.79 Å². The summed E-state index contributed by atoms with van der Waals surface area (Å²) in [5.74, 6) is 0.706. The highest BCUT2D eigenvalue weighted by Gasteiger charge is 2.17. The molecule has 0 spiro atoms. The molecule has 0 atom stereocenters. The summed E-state index contributed by atoms with van der Waals surface area (Å²) in [5.41, 5.74) is 4.86. The smallest absolute Gasteiger partial charge is 0.225 e. The molecule has 0 bridgehead atoms. The summed E-state index contributed by atoms with van der Waals surface area (Å²) in [7, 11) is 0. The number of carbonyl (C=O) groups is 1. The summed E-state index contributed by atoms with van der Waals surface area (Å²) in [6.45, 7) is 2.03. The maximum atomic E-state index is 12.6. The largest absolute Gasteiger partial charge is 0.310 e. The molecule has 0 saturated carbocycles. The van der Waals surface area contributed by atoms with Crippen molar-refractivity contribution in [2.24, 2.45) is 0 Å². The van der Waals surface area contributed by atoms with E-state index in [2.05, 4.69) is 5.32 Å². The minimum absolute atomic E-state index is 0.0145. The molecule has 2 aromatic carbocycles. The number of carbonyl (C=O) groups excluding carboxylic acids is 1. The number of fused-ring (bicyclic) bond motifs is 1. The Morgan fingerprint density at radius 1 is 0.963 bits per heavy atom. The normalized spacial score (nSPS) is 10.9. The predicted molar refractivity (Wildman–Crippen MR) is 109 cm³/mol. The molecule has 0 fully saturated rings. The van der Waals surface area contributed by atoms with Gasteiger partial charge in [0.25, 0.3) is 0 Å². The third kappa shape index (κ3) is 3.60. The molecule has 4 heteroatoms. The number of hydrogen-bond acceptors (Lipinski definition) is 2. The van der Waals surface area contributed by atoms with Gasteiger partial charge in [0.15, 0.2) is 0 Å². The molecule has 4 rings (SSSR count). The van der Waals surface area contributed by atoms with E-state index >= 15 is 0 Å². The van der Waals surface area contributed by atoms with Gasteiger partial charge in [0.1, 0.15) is 17.2 Å². The minimum Gasteiger partial charge on any atom is -0.310 e. The highest BCUT2D eigenvalue weighted by Crippen LogP contribution is 2.29. The van der Waals surface area contributed by atoms with Crippen molar-refractivity contribution in [3.63, 3.8) is 0 Å². The molecule has 0 aliphatic carbocycles. The molecular formula is C23H21N3O. The molecule has 1 amide bonds. The van der Waals surface area contributed by atoms with Crippen molar-refractivity contribution in [2.45, 2.75) is 19.8 Å². The molecule has 0 saturated heterocycles. The van der Waals surface area contributed by atoms with E-state index in [0.717, 1.165) is 33.8 Å². The van der Waals surface area contributed by atoms with Gasteiger partial charge in [-0.1, -0.05) is 66.7 Å². The zero-order valence-corrected chi connectivity index (χ0v) is 15.2. The Hall–Kier alpha value is -3.40. The fraction of sp³-hybridized carbons (Fsp3) is 0.130. The highest BCUT2D eigenvalue weighted by molar-refractivity contribution is 5.94. The predicted octanol–water partition coefficient (Wildman–Crippen LogP) is 4.88. The number of aryl methyl sites for hydroxylation is 2. The average molecular weight is 355 g/mol. The maximum Gasteiger partial charge on any atom is 0.225 e. The van der Waals surface area contributed by atoms with Crippen LogP contribution in [0.4, 0.5) is 5.82 Å². The summed E-state index contributed by atoms with van der Waals surface area (Å²) in [6, 6.07) is 24.0. The number of anilines is 1. The van der Waals surface area contributed by atoms with Gasteiger partial charge >= 0.3 is 0 Å². The Balaban J connectivity index is 1.65. The quantitative estimate of drug-likeness (QED) is 0.554. The molecule has 4 nitrogen and oxygen atoms in total. The van der Waals surface area contributed by atoms with Crippen LogP contribution in [0.2, 0.25) is 0 Å². The van der Waals surface area contributed by atoms with Crippen molar-refractivity contribution in [1.29, 1.82) is 0 Å². The first kappa shape index (κ1) is 17.0. The van der Waals surface area contributed by atoms with Gasteiger partial charge in [0.2, 0.25) is 5.91 Å². The van der Waals surface area contributed by atoms with Crippen LogP contribution < -0.4 is 5.32 Å². The minimum atomic E-state index is -0.0145. The summed E-state index contributed by atoms with van der Waals surface area (Å²) in [4.78, 5) is 17.4. The number of hydrogen-bond donors (Lipinski definition) is 1. The lowest BCUT2D eigenvalue weighted by Crippen LogP contribution is -2.14. The molecule has 0 radical (unpaired) electrons. The van der Waals surface area contributed by atoms with Crippen molar-refractivity contribution in [3.8, 4) is 11.3 Å². The fourth-order valence-corrected chi connectivity index (χ4v) is 3.22. The van der Waals surface area contributed by atoms with Crippen LogP contribution in [0, 0.1) is 6.92 Å². The second-order valence-corrected chi connectivity index (χ2v) is 6.59. The van der Waals surface area contributed by atoms with Crippen LogP contribution in [0.3, 0.4) is 0 Å². The number of nitrogens with one attached hydrogen (secondary N) is 1. The zero-order valence-electron chi connectivity index (χ0n) is 15.2. The molecule has 2 aromatic heterocycles. The van der Waals surface area contributed by atoms with Gasteiger partial charge in [-0.2, -0.15) is 0 Å². The first-order valence-electron chi connectivity index (χ1n) is 9.09. The van der Waals surface area contributed by atoms with E-state index in [1.54, 1.807) is 0 Å². The summed E-state index contributed by atoms with van der Waals surface area (Å²) in [6.07, 6.45) is 3.08. The fourth-order valence-electron chi connectivity index (χ4n) is 3.22. The molecule has 27 heavy (non-hydrogen) atoms. The van der Waals surface area contributed by atoms with Crippen LogP contribution >= 0.6 is 0 Å². The van der Waals surface area contributed by atoms with Gasteiger partial charge < -0.3 is 5.32 Å². The number of imidazole rings is 1. The van der Waals surface area contributed by atoms with E-state index in [1.165, 1.54) is 0 Å². The molecular weight excluding hydrogens is 334 g/mol. The molecule has 1 N–H and O–H groups in total. The SMILES string of the molecule is Cc1cccn2c(NC(=O)CCc3ccccc3)c(-c3ccccc3)nc12. The van der Waals surface area contributed by atoms with Gasteiger partial charge in [0.05, 0.1) is 0 Å². The molecule has 0 aliphatic rings. The Labute approximate surface area is 158 Å². The second-order valence-electron chi connectivity index (χ2n) is 6.59. The lowest BCUT2D eigenvalue weighted by Gasteiger charge is -2.08. The number of rotatable bonds is 5. The number of benzene rings is 2. The molecule has 134 valence electrons. The number of aromatic nitrogens is 2. The van der Waals surface area contributed by atoms with E-state index in [0.29, 0.717) is 12.8 Å². The lowest BCUT2D eigenvalue weighted by atomic mass is 10.1. The molecule has 4 aromatic rings. The molecule has 0 aliphatic heterocycles. The third-order valence-electron chi connectivity index (χ3n) is 4.63. The number of nitrogens with zero attached hydrogens (tertiary/aromatic N) is 2. The van der Waals surface area contributed by atoms with Crippen molar-refractivity contribution < 1.29 is 4.79 Å². The standard InChI is InChI=1S/C23H21N3O/c1-17-9-8-16-26-22(17)25-21(19-12-6-3-7-13-19)23(26)24-20(27)15-14-18-10-4-2-5-11-18/h2-13,16H,14-15H2,1H3,(H,24,27). The van der Waals surface area contributed by atoms with Crippen molar-refractivity contribution in [1.82, 2.24) is 9.38 Å². The van der Waals surface area contributed by atoms with Gasteiger partial charge in [-0.05, 0) is 30.5 Å². The summed E-state index contributed by atoms with van der Waals surface area (Å²) >= 11 is 0. The van der Waals surface area contributed by atoms with E-state index < -0.39 is 0 Å². The number of pyridine rings is 1. The van der Waals surface area contributed by atoms with Crippen LogP contribution in [0.1, 0.15) is 17.5 Å². The van der Waals surface area contributed by atoms with Crippen LogP contribution in [0.15, 0.2) is 79.0 Å². The Morgan fingerprint density at radius 3 is 2.41 bits per heavy atom. The van der Waals surface area contributed by atoms with Crippen molar-refractivity contribution >= 4 is 17.4 Å². The van der Waals surface area contributed by atoms with E-state index in [-0.39, 0.29) is 5.91 Å². The topological polar surface area (TPSA) is 46.4 Å². The highest BCUT2D eigenvalue weighted by atomic mass is 16.1. The maximum absolute atomic E-state index is 12.6. The number of amides is 1. The van der Waals surface area contributed by atoms with Crippen molar-refractivity contribution in [3.05, 3.63) is 90.1 Å². The Morgan fingerprint density at radius 2 is 1.67 bits per heavy atom. The monoisotopic (exact) mass is 355 g/mol. The third-order valence-corrected chi connectivity index (χ3v) is 4.63. The van der Waals surface area contributed by atoms with Gasteiger partial charge in [-0.15, -0.1) is 0 Å². The first-order valence-corrected chi connectivity index (χ1v) is 9.09. The van der Waals surface area contributed by atoms with Crippen LogP contribution in [-0.2, 0) is 11.2 Å². The molecule has 2 heterocycles. The zero-order chi connectivity index (χ0) is 18.6. The van der Waals surface area contributed by atoms with Gasteiger partial charge in [-0.25, -0.2) is 4.98 Å². The van der Waals surface area contributed by atoms with E-state index in [4.69, 9.17) is 4.98 Å². The van der Waals surface area contributed by atoms with Crippen molar-refractivity contribution in [2.75, 3.05) is 5.32 Å². The van der Waals surface area contributed by atoms with Gasteiger partial charge in [0, 0.05) is 18.2 Å². The Bertz CT molecular complexity index is 1070.